The van der Waals surface area contributed by atoms with Crippen LogP contribution in [0.5, 0.6) is 0 Å². The minimum absolute atomic E-state index is 0.0496. The van der Waals surface area contributed by atoms with Crippen molar-refractivity contribution in [2.45, 2.75) is 37.5 Å². The van der Waals surface area contributed by atoms with E-state index in [2.05, 4.69) is 0 Å². The van der Waals surface area contributed by atoms with Crippen LogP contribution >= 0.6 is 0 Å². The number of benzene rings is 1. The smallest absolute Gasteiger partial charge is 0.341 e. The number of likely N-dealkylation sites (tertiary alicyclic amines) is 2. The molecule has 0 radical (unpaired) electrons. The normalized spacial score (nSPS) is 27.1. The maximum atomic E-state index is 13.0. The molecule has 0 saturated carbocycles. The first-order valence-corrected chi connectivity index (χ1v) is 8.65. The summed E-state index contributed by atoms with van der Waals surface area (Å²) >= 11 is 0. The minimum atomic E-state index is -4.42. The number of hydrogen-bond donors (Lipinski definition) is 1. The largest absolute Gasteiger partial charge is 0.416 e. The maximum absolute atomic E-state index is 13.0. The maximum Gasteiger partial charge on any atom is 0.416 e. The Morgan fingerprint density at radius 1 is 1.19 bits per heavy atom. The molecule has 3 atom stereocenters. The fraction of sp³-hybridized carbons (Fsp3) is 0.556. The average molecular weight is 369 g/mol. The van der Waals surface area contributed by atoms with Gasteiger partial charge in [-0.25, -0.2) is 0 Å². The number of hydrogen-bond acceptors (Lipinski definition) is 3. The molecule has 5 nitrogen and oxygen atoms in total. The Hall–Kier alpha value is -2.09. The van der Waals surface area contributed by atoms with Gasteiger partial charge in [0.2, 0.25) is 11.8 Å². The van der Waals surface area contributed by atoms with Gasteiger partial charge in [-0.15, -0.1) is 0 Å². The Balaban J connectivity index is 1.88. The van der Waals surface area contributed by atoms with Crippen LogP contribution in [0.3, 0.4) is 0 Å². The van der Waals surface area contributed by atoms with Crippen molar-refractivity contribution < 1.29 is 22.8 Å². The summed E-state index contributed by atoms with van der Waals surface area (Å²) < 4.78 is 38.4. The van der Waals surface area contributed by atoms with Crippen LogP contribution in [-0.4, -0.2) is 47.8 Å². The molecular formula is C18H22F3N3O2. The van der Waals surface area contributed by atoms with Crippen LogP contribution in [0.1, 0.15) is 36.4 Å². The van der Waals surface area contributed by atoms with Crippen LogP contribution in [0, 0.1) is 5.92 Å². The van der Waals surface area contributed by atoms with Gasteiger partial charge in [0.15, 0.2) is 0 Å². The second kappa shape index (κ2) is 6.90. The lowest BCUT2D eigenvalue weighted by Crippen LogP contribution is -2.47. The van der Waals surface area contributed by atoms with E-state index in [-0.39, 0.29) is 24.3 Å². The summed E-state index contributed by atoms with van der Waals surface area (Å²) in [5, 5.41) is 0. The highest BCUT2D eigenvalue weighted by Crippen LogP contribution is 2.38. The standard InChI is InChI=1S/C18H22F3N3O2/c1-23-15(25)7-6-14(17(26)24-9-8-13(22)10-24)16(23)11-2-4-12(5-3-11)18(19,20)21/h2-5,13-14,16H,6-10,22H2,1H3/t13-,14-,16+/m1/s1. The predicted molar refractivity (Wildman–Crippen MR) is 88.9 cm³/mol. The highest BCUT2D eigenvalue weighted by atomic mass is 19.4. The quantitative estimate of drug-likeness (QED) is 0.869. The molecule has 1 aromatic carbocycles. The molecular weight excluding hydrogens is 347 g/mol. The van der Waals surface area contributed by atoms with Gasteiger partial charge in [-0.05, 0) is 30.5 Å². The zero-order chi connectivity index (χ0) is 19.1. The fourth-order valence-corrected chi connectivity index (χ4v) is 3.84. The van der Waals surface area contributed by atoms with Gasteiger partial charge in [-0.2, -0.15) is 13.2 Å². The molecule has 0 unspecified atom stereocenters. The van der Waals surface area contributed by atoms with Gasteiger partial charge in [-0.3, -0.25) is 9.59 Å². The summed E-state index contributed by atoms with van der Waals surface area (Å²) in [5.74, 6) is -0.668. The lowest BCUT2D eigenvalue weighted by atomic mass is 9.83. The molecule has 2 amide bonds. The first-order valence-electron chi connectivity index (χ1n) is 8.65. The third-order valence-electron chi connectivity index (χ3n) is 5.29. The van der Waals surface area contributed by atoms with Gasteiger partial charge < -0.3 is 15.5 Å². The number of nitrogens with two attached hydrogens (primary N) is 1. The van der Waals surface area contributed by atoms with Gasteiger partial charge >= 0.3 is 6.18 Å². The van der Waals surface area contributed by atoms with E-state index in [0.29, 0.717) is 25.1 Å². The van der Waals surface area contributed by atoms with Crippen LogP contribution in [-0.2, 0) is 15.8 Å². The van der Waals surface area contributed by atoms with Crippen LogP contribution in [0.25, 0.3) is 0 Å². The summed E-state index contributed by atoms with van der Waals surface area (Å²) in [6.07, 6.45) is -3.05. The van der Waals surface area contributed by atoms with Crippen molar-refractivity contribution in [3.8, 4) is 0 Å². The Labute approximate surface area is 149 Å². The highest BCUT2D eigenvalue weighted by molar-refractivity contribution is 5.85. The molecule has 0 aliphatic carbocycles. The second-order valence-electron chi connectivity index (χ2n) is 7.05. The van der Waals surface area contributed by atoms with Crippen LogP contribution in [0.4, 0.5) is 13.2 Å². The van der Waals surface area contributed by atoms with E-state index in [1.54, 1.807) is 11.9 Å². The molecule has 8 heteroatoms. The monoisotopic (exact) mass is 369 g/mol. The second-order valence-corrected chi connectivity index (χ2v) is 7.05. The summed E-state index contributed by atoms with van der Waals surface area (Å²) in [6.45, 7) is 1.06. The predicted octanol–water partition coefficient (Wildman–Crippen LogP) is 2.17. The van der Waals surface area contributed by atoms with E-state index in [1.807, 2.05) is 0 Å². The number of carbonyl (C=O) groups is 2. The molecule has 2 fully saturated rings. The van der Waals surface area contributed by atoms with E-state index in [4.69, 9.17) is 5.73 Å². The zero-order valence-corrected chi connectivity index (χ0v) is 14.5. The van der Waals surface area contributed by atoms with Crippen LogP contribution < -0.4 is 5.73 Å². The molecule has 2 saturated heterocycles. The highest BCUT2D eigenvalue weighted by Gasteiger charge is 2.42. The van der Waals surface area contributed by atoms with Crippen molar-refractivity contribution in [3.63, 3.8) is 0 Å². The summed E-state index contributed by atoms with van der Waals surface area (Å²) in [5.41, 5.74) is 5.67. The molecule has 26 heavy (non-hydrogen) atoms. The van der Waals surface area contributed by atoms with Gasteiger partial charge in [0.05, 0.1) is 17.5 Å². The number of nitrogens with zero attached hydrogens (tertiary/aromatic N) is 2. The van der Waals surface area contributed by atoms with Crippen molar-refractivity contribution in [3.05, 3.63) is 35.4 Å². The van der Waals surface area contributed by atoms with Gasteiger partial charge in [0.1, 0.15) is 0 Å². The van der Waals surface area contributed by atoms with Crippen molar-refractivity contribution >= 4 is 11.8 Å². The molecule has 0 aromatic heterocycles. The van der Waals surface area contributed by atoms with Crippen LogP contribution in [0.2, 0.25) is 0 Å². The zero-order valence-electron chi connectivity index (χ0n) is 14.5. The minimum Gasteiger partial charge on any atom is -0.341 e. The van der Waals surface area contributed by atoms with Crippen molar-refractivity contribution in [2.75, 3.05) is 20.1 Å². The molecule has 2 aliphatic rings. The first kappa shape index (κ1) is 18.7. The first-order chi connectivity index (χ1) is 12.2. The van der Waals surface area contributed by atoms with Crippen LogP contribution in [0.15, 0.2) is 24.3 Å². The molecule has 2 heterocycles. The molecule has 0 spiro atoms. The molecule has 2 N–H and O–H groups in total. The van der Waals surface area contributed by atoms with E-state index in [0.717, 1.165) is 18.6 Å². The molecule has 3 rings (SSSR count). The third-order valence-corrected chi connectivity index (χ3v) is 5.29. The van der Waals surface area contributed by atoms with Gasteiger partial charge in [0.25, 0.3) is 0 Å². The molecule has 0 bridgehead atoms. The molecule has 1 aromatic rings. The molecule has 142 valence electrons. The van der Waals surface area contributed by atoms with Crippen molar-refractivity contribution in [2.24, 2.45) is 11.7 Å². The summed E-state index contributed by atoms with van der Waals surface area (Å²) in [7, 11) is 1.60. The Kier molecular flexibility index (Phi) is 4.96. The topological polar surface area (TPSA) is 66.6 Å². The SMILES string of the molecule is CN1C(=O)CC[C@@H](C(=O)N2CC[C@@H](N)C2)[C@@H]1c1ccc(C(F)(F)F)cc1. The Morgan fingerprint density at radius 3 is 2.38 bits per heavy atom. The Morgan fingerprint density at radius 2 is 1.85 bits per heavy atom. The van der Waals surface area contributed by atoms with E-state index < -0.39 is 23.7 Å². The van der Waals surface area contributed by atoms with E-state index in [1.165, 1.54) is 17.0 Å². The Bertz CT molecular complexity index is 690. The summed E-state index contributed by atoms with van der Waals surface area (Å²) in [6, 6.07) is 4.09. The third kappa shape index (κ3) is 3.56. The van der Waals surface area contributed by atoms with Gasteiger partial charge in [-0.1, -0.05) is 12.1 Å². The fourth-order valence-electron chi connectivity index (χ4n) is 3.84. The summed E-state index contributed by atoms with van der Waals surface area (Å²) in [4.78, 5) is 28.3. The average Bonchev–Trinajstić information content (AvgIpc) is 3.02. The van der Waals surface area contributed by atoms with E-state index >= 15 is 0 Å². The van der Waals surface area contributed by atoms with Gasteiger partial charge in [0, 0.05) is 32.6 Å². The molecule has 2 aliphatic heterocycles. The number of piperidine rings is 1. The number of amides is 2. The van der Waals surface area contributed by atoms with E-state index in [9.17, 15) is 22.8 Å². The lowest BCUT2D eigenvalue weighted by Gasteiger charge is -2.40. The van der Waals surface area contributed by atoms with Crippen molar-refractivity contribution in [1.29, 1.82) is 0 Å². The lowest BCUT2D eigenvalue weighted by molar-refractivity contribution is -0.146. The van der Waals surface area contributed by atoms with Crippen molar-refractivity contribution in [1.82, 2.24) is 9.80 Å². The number of alkyl halides is 3. The number of carbonyl (C=O) groups excluding carboxylic acids is 2. The number of rotatable bonds is 2. The number of halogens is 3.